The van der Waals surface area contributed by atoms with Gasteiger partial charge in [-0.25, -0.2) is 0 Å². The van der Waals surface area contributed by atoms with E-state index in [1.54, 1.807) is 0 Å². The Morgan fingerprint density at radius 3 is 1.21 bits per heavy atom. The molecule has 0 aromatic heterocycles. The lowest BCUT2D eigenvalue weighted by atomic mass is 9.71. The topological polar surface area (TPSA) is 34.1 Å². The van der Waals surface area contributed by atoms with Crippen LogP contribution >= 0.6 is 0 Å². The van der Waals surface area contributed by atoms with E-state index in [0.717, 1.165) is 38.5 Å². The molecule has 0 bridgehead atoms. The molecule has 4 atom stereocenters. The molecule has 0 aromatic rings. The minimum absolute atomic E-state index is 0.464. The van der Waals surface area contributed by atoms with E-state index in [-0.39, 0.29) is 0 Å². The third-order valence-electron chi connectivity index (χ3n) is 4.50. The number of carbonyl (C=O) groups excluding carboxylic acids is 2. The van der Waals surface area contributed by atoms with Crippen LogP contribution in [0.4, 0.5) is 0 Å². The van der Waals surface area contributed by atoms with Gasteiger partial charge in [-0.05, 0) is 36.5 Å². The van der Waals surface area contributed by atoms with Crippen LogP contribution in [0, 0.1) is 23.7 Å². The summed E-state index contributed by atoms with van der Waals surface area (Å²) in [6.45, 7) is 0. The largest absolute Gasteiger partial charge is 0.300 e. The molecule has 0 heterocycles. The first kappa shape index (κ1) is 8.63. The van der Waals surface area contributed by atoms with Gasteiger partial charge in [-0.15, -0.1) is 0 Å². The lowest BCUT2D eigenvalue weighted by Gasteiger charge is -2.33. The van der Waals surface area contributed by atoms with E-state index in [2.05, 4.69) is 0 Å². The number of rotatable bonds is 0. The van der Waals surface area contributed by atoms with Gasteiger partial charge in [0.25, 0.3) is 0 Å². The first-order chi connectivity index (χ1) is 6.72. The second-order valence-electron chi connectivity index (χ2n) is 5.41. The molecule has 2 heteroatoms. The Morgan fingerprint density at radius 1 is 0.643 bits per heavy atom. The highest BCUT2D eigenvalue weighted by Gasteiger charge is 2.45. The Morgan fingerprint density at radius 2 is 0.929 bits per heavy atom. The summed E-state index contributed by atoms with van der Waals surface area (Å²) in [6, 6.07) is 0. The molecule has 3 rings (SSSR count). The average molecular weight is 192 g/mol. The van der Waals surface area contributed by atoms with Gasteiger partial charge in [-0.3, -0.25) is 9.59 Å². The quantitative estimate of drug-likeness (QED) is 0.588. The van der Waals surface area contributed by atoms with Crippen LogP contribution in [0.5, 0.6) is 0 Å². The molecule has 3 aliphatic rings. The fourth-order valence-corrected chi connectivity index (χ4v) is 3.88. The Labute approximate surface area is 84.1 Å². The summed E-state index contributed by atoms with van der Waals surface area (Å²) < 4.78 is 0. The Kier molecular flexibility index (Phi) is 1.80. The van der Waals surface area contributed by atoms with Gasteiger partial charge < -0.3 is 0 Å². The number of hydrogen-bond donors (Lipinski definition) is 0. The third-order valence-corrected chi connectivity index (χ3v) is 4.50. The summed E-state index contributed by atoms with van der Waals surface area (Å²) >= 11 is 0. The zero-order chi connectivity index (χ0) is 9.71. The summed E-state index contributed by atoms with van der Waals surface area (Å²) in [6.07, 6.45) is 5.55. The Hall–Kier alpha value is -0.660. The van der Waals surface area contributed by atoms with Crippen molar-refractivity contribution in [3.05, 3.63) is 0 Å². The normalized spacial score (nSPS) is 46.6. The second kappa shape index (κ2) is 2.91. The van der Waals surface area contributed by atoms with E-state index in [1.807, 2.05) is 0 Å². The first-order valence-corrected chi connectivity index (χ1v) is 5.76. The van der Waals surface area contributed by atoms with Gasteiger partial charge in [0, 0.05) is 25.7 Å². The lowest BCUT2D eigenvalue weighted by molar-refractivity contribution is -0.118. The molecule has 3 aliphatic carbocycles. The first-order valence-electron chi connectivity index (χ1n) is 5.76. The molecule has 0 spiro atoms. The van der Waals surface area contributed by atoms with Crippen molar-refractivity contribution in [3.8, 4) is 0 Å². The molecule has 0 aliphatic heterocycles. The highest BCUT2D eigenvalue weighted by atomic mass is 16.1. The van der Waals surface area contributed by atoms with Crippen LogP contribution < -0.4 is 0 Å². The van der Waals surface area contributed by atoms with Gasteiger partial charge >= 0.3 is 0 Å². The summed E-state index contributed by atoms with van der Waals surface area (Å²) in [5.74, 6) is 3.46. The van der Waals surface area contributed by atoms with Crippen LogP contribution in [-0.4, -0.2) is 11.6 Å². The predicted octanol–water partition coefficient (Wildman–Crippen LogP) is 1.97. The fourth-order valence-electron chi connectivity index (χ4n) is 3.88. The third kappa shape index (κ3) is 1.23. The number of hydrogen-bond acceptors (Lipinski definition) is 2. The van der Waals surface area contributed by atoms with Crippen molar-refractivity contribution in [2.24, 2.45) is 23.7 Å². The van der Waals surface area contributed by atoms with Gasteiger partial charge in [-0.1, -0.05) is 0 Å². The van der Waals surface area contributed by atoms with Gasteiger partial charge in [0.05, 0.1) is 0 Å². The van der Waals surface area contributed by atoms with Gasteiger partial charge in [-0.2, -0.15) is 0 Å². The zero-order valence-electron chi connectivity index (χ0n) is 8.37. The SMILES string of the molecule is O=C1C[C@@H]2C[C@@H]3CC(=O)C[C@H]3C[C@H]2C1. The molecule has 0 unspecified atom stereocenters. The number of fused-ring (bicyclic) bond motifs is 2. The predicted molar refractivity (Wildman–Crippen MR) is 51.7 cm³/mol. The molecule has 3 fully saturated rings. The molecular formula is C12H16O2. The van der Waals surface area contributed by atoms with Crippen molar-refractivity contribution < 1.29 is 9.59 Å². The van der Waals surface area contributed by atoms with Gasteiger partial charge in [0.15, 0.2) is 0 Å². The molecule has 0 N–H and O–H groups in total. The van der Waals surface area contributed by atoms with E-state index in [0.29, 0.717) is 35.2 Å². The maximum Gasteiger partial charge on any atom is 0.133 e. The highest BCUT2D eigenvalue weighted by Crippen LogP contribution is 2.50. The summed E-state index contributed by atoms with van der Waals surface area (Å²) in [4.78, 5) is 22.7. The smallest absolute Gasteiger partial charge is 0.133 e. The molecule has 14 heavy (non-hydrogen) atoms. The summed E-state index contributed by atoms with van der Waals surface area (Å²) in [5.41, 5.74) is 0. The zero-order valence-corrected chi connectivity index (χ0v) is 8.37. The molecule has 0 radical (unpaired) electrons. The second-order valence-corrected chi connectivity index (χ2v) is 5.41. The molecule has 2 nitrogen and oxygen atoms in total. The van der Waals surface area contributed by atoms with Crippen molar-refractivity contribution in [2.45, 2.75) is 38.5 Å². The van der Waals surface area contributed by atoms with Crippen LogP contribution in [0.3, 0.4) is 0 Å². The van der Waals surface area contributed by atoms with Crippen LogP contribution in [0.15, 0.2) is 0 Å². The van der Waals surface area contributed by atoms with Crippen molar-refractivity contribution >= 4 is 11.6 Å². The monoisotopic (exact) mass is 192 g/mol. The van der Waals surface area contributed by atoms with Crippen LogP contribution in [0.2, 0.25) is 0 Å². The van der Waals surface area contributed by atoms with Crippen molar-refractivity contribution in [3.63, 3.8) is 0 Å². The van der Waals surface area contributed by atoms with E-state index in [9.17, 15) is 9.59 Å². The molecule has 0 amide bonds. The average Bonchev–Trinajstić information content (AvgIpc) is 2.59. The van der Waals surface area contributed by atoms with Crippen molar-refractivity contribution in [2.75, 3.05) is 0 Å². The molecule has 76 valence electrons. The number of carbonyl (C=O) groups is 2. The number of Topliss-reactive ketones (excluding diaryl/α,β-unsaturated/α-hetero) is 2. The van der Waals surface area contributed by atoms with Crippen molar-refractivity contribution in [1.82, 2.24) is 0 Å². The van der Waals surface area contributed by atoms with Crippen LogP contribution in [0.25, 0.3) is 0 Å². The summed E-state index contributed by atoms with van der Waals surface area (Å²) in [7, 11) is 0. The van der Waals surface area contributed by atoms with Crippen LogP contribution in [0.1, 0.15) is 38.5 Å². The molecular weight excluding hydrogens is 176 g/mol. The highest BCUT2D eigenvalue weighted by molar-refractivity contribution is 5.82. The minimum atomic E-state index is 0.464. The summed E-state index contributed by atoms with van der Waals surface area (Å²) in [5, 5.41) is 0. The molecule has 0 saturated heterocycles. The van der Waals surface area contributed by atoms with E-state index >= 15 is 0 Å². The maximum absolute atomic E-state index is 11.3. The van der Waals surface area contributed by atoms with E-state index in [1.165, 1.54) is 0 Å². The Balaban J connectivity index is 1.77. The lowest BCUT2D eigenvalue weighted by Crippen LogP contribution is -2.25. The van der Waals surface area contributed by atoms with Gasteiger partial charge in [0.1, 0.15) is 11.6 Å². The Bertz CT molecular complexity index is 241. The van der Waals surface area contributed by atoms with E-state index in [4.69, 9.17) is 0 Å². The minimum Gasteiger partial charge on any atom is -0.300 e. The van der Waals surface area contributed by atoms with Crippen molar-refractivity contribution in [1.29, 1.82) is 0 Å². The van der Waals surface area contributed by atoms with Gasteiger partial charge in [0.2, 0.25) is 0 Å². The molecule has 0 aromatic carbocycles. The maximum atomic E-state index is 11.3. The van der Waals surface area contributed by atoms with Crippen LogP contribution in [-0.2, 0) is 9.59 Å². The van der Waals surface area contributed by atoms with E-state index < -0.39 is 0 Å². The number of ketones is 2. The molecule has 3 saturated carbocycles. The standard InChI is InChI=1S/C12H16O2/c13-11-3-7-1-8-4-12(14)6-10(8)2-9(7)5-11/h7-10H,1-6H2/t7-,8+,9-,10+. The fraction of sp³-hybridized carbons (Fsp3) is 0.833.